The molecule has 4 heteroatoms. The number of halogens is 1. The van der Waals surface area contributed by atoms with Crippen molar-refractivity contribution in [1.29, 1.82) is 0 Å². The second-order valence-electron chi connectivity index (χ2n) is 1.61. The zero-order valence-corrected chi connectivity index (χ0v) is 6.89. The highest BCUT2D eigenvalue weighted by Gasteiger charge is 2.12. The SMILES string of the molecule is CC1=C(I)ONN1C. The van der Waals surface area contributed by atoms with E-state index in [-0.39, 0.29) is 0 Å². The fourth-order valence-corrected chi connectivity index (χ4v) is 0.843. The van der Waals surface area contributed by atoms with Gasteiger partial charge >= 0.3 is 0 Å². The third kappa shape index (κ3) is 0.899. The van der Waals surface area contributed by atoms with Crippen LogP contribution < -0.4 is 5.59 Å². The van der Waals surface area contributed by atoms with Crippen LogP contribution >= 0.6 is 22.6 Å². The maximum Gasteiger partial charge on any atom is 0.206 e. The van der Waals surface area contributed by atoms with Crippen molar-refractivity contribution < 1.29 is 4.84 Å². The predicted molar refractivity (Wildman–Crippen MR) is 38.7 cm³/mol. The molecule has 1 aliphatic rings. The molecule has 1 rings (SSSR count). The van der Waals surface area contributed by atoms with E-state index in [0.717, 1.165) is 9.46 Å². The normalized spacial score (nSPS) is 19.6. The van der Waals surface area contributed by atoms with Gasteiger partial charge in [0.25, 0.3) is 0 Å². The standard InChI is InChI=1S/C4H7IN2O/c1-3-4(5)8-6-7(3)2/h6H,1-2H3. The number of nitrogens with one attached hydrogen (secondary N) is 1. The first kappa shape index (κ1) is 6.15. The largest absolute Gasteiger partial charge is 0.381 e. The molecule has 1 N–H and O–H groups in total. The number of rotatable bonds is 0. The van der Waals surface area contributed by atoms with E-state index in [0.29, 0.717) is 0 Å². The van der Waals surface area contributed by atoms with Crippen molar-refractivity contribution in [2.24, 2.45) is 0 Å². The van der Waals surface area contributed by atoms with Crippen LogP contribution in [0, 0.1) is 0 Å². The predicted octanol–water partition coefficient (Wildman–Crippen LogP) is 0.992. The lowest BCUT2D eigenvalue weighted by Gasteiger charge is -2.07. The average molecular weight is 226 g/mol. The molecule has 0 amide bonds. The Morgan fingerprint density at radius 1 is 1.75 bits per heavy atom. The Bertz CT molecular complexity index is 134. The van der Waals surface area contributed by atoms with E-state index in [1.54, 1.807) is 0 Å². The fourth-order valence-electron chi connectivity index (χ4n) is 0.383. The van der Waals surface area contributed by atoms with Gasteiger partial charge in [0.1, 0.15) is 0 Å². The summed E-state index contributed by atoms with van der Waals surface area (Å²) >= 11 is 2.13. The van der Waals surface area contributed by atoms with Crippen LogP contribution in [-0.2, 0) is 4.84 Å². The Hall–Kier alpha value is 0.0300. The summed E-state index contributed by atoms with van der Waals surface area (Å²) in [4.78, 5) is 4.92. The quantitative estimate of drug-likeness (QED) is 0.623. The molecule has 0 aromatic carbocycles. The molecule has 0 saturated heterocycles. The Morgan fingerprint density at radius 2 is 2.38 bits per heavy atom. The molecular weight excluding hydrogens is 219 g/mol. The molecule has 0 aliphatic carbocycles. The van der Waals surface area contributed by atoms with Gasteiger partial charge in [-0.25, -0.2) is 0 Å². The highest BCUT2D eigenvalue weighted by molar-refractivity contribution is 14.1. The van der Waals surface area contributed by atoms with Crippen molar-refractivity contribution in [2.75, 3.05) is 7.05 Å². The van der Waals surface area contributed by atoms with Gasteiger partial charge in [-0.2, -0.15) is 0 Å². The van der Waals surface area contributed by atoms with Crippen LogP contribution in [0.15, 0.2) is 9.46 Å². The van der Waals surface area contributed by atoms with E-state index in [4.69, 9.17) is 4.84 Å². The van der Waals surface area contributed by atoms with Crippen LogP contribution in [0.4, 0.5) is 0 Å². The zero-order chi connectivity index (χ0) is 6.15. The number of allylic oxidation sites excluding steroid dienone is 1. The minimum atomic E-state index is 0.908. The molecule has 8 heavy (non-hydrogen) atoms. The lowest BCUT2D eigenvalue weighted by atomic mass is 10.6. The summed E-state index contributed by atoms with van der Waals surface area (Å²) in [7, 11) is 1.90. The minimum Gasteiger partial charge on any atom is -0.381 e. The molecule has 0 atom stereocenters. The van der Waals surface area contributed by atoms with Gasteiger partial charge in [0.2, 0.25) is 3.77 Å². The molecule has 3 nitrogen and oxygen atoms in total. The van der Waals surface area contributed by atoms with E-state index < -0.39 is 0 Å². The molecular formula is C4H7IN2O. The Kier molecular flexibility index (Phi) is 1.62. The minimum absolute atomic E-state index is 0.908. The van der Waals surface area contributed by atoms with Crippen LogP contribution in [0.3, 0.4) is 0 Å². The van der Waals surface area contributed by atoms with Gasteiger partial charge in [0.15, 0.2) is 0 Å². The van der Waals surface area contributed by atoms with Gasteiger partial charge < -0.3 is 4.84 Å². The molecule has 1 aliphatic heterocycles. The van der Waals surface area contributed by atoms with Crippen LogP contribution in [0.5, 0.6) is 0 Å². The number of hydrogen-bond donors (Lipinski definition) is 1. The average Bonchev–Trinajstić information content (AvgIpc) is 1.98. The zero-order valence-electron chi connectivity index (χ0n) is 4.73. The van der Waals surface area contributed by atoms with Gasteiger partial charge in [-0.1, -0.05) is 5.59 Å². The summed E-state index contributed by atoms with van der Waals surface area (Å²) in [5.41, 5.74) is 3.79. The maximum absolute atomic E-state index is 4.92. The summed E-state index contributed by atoms with van der Waals surface area (Å²) in [6, 6.07) is 0. The van der Waals surface area contributed by atoms with Crippen molar-refractivity contribution >= 4 is 22.6 Å². The fraction of sp³-hybridized carbons (Fsp3) is 0.500. The molecule has 0 radical (unpaired) electrons. The molecule has 0 spiro atoms. The molecule has 0 aromatic heterocycles. The highest BCUT2D eigenvalue weighted by Crippen LogP contribution is 2.19. The van der Waals surface area contributed by atoms with Crippen LogP contribution in [0.25, 0.3) is 0 Å². The lowest BCUT2D eigenvalue weighted by Crippen LogP contribution is -2.24. The van der Waals surface area contributed by atoms with Crippen molar-refractivity contribution in [2.45, 2.75) is 6.92 Å². The van der Waals surface area contributed by atoms with Gasteiger partial charge in [-0.15, -0.1) is 0 Å². The van der Waals surface area contributed by atoms with Crippen molar-refractivity contribution in [1.82, 2.24) is 10.6 Å². The summed E-state index contributed by atoms with van der Waals surface area (Å²) in [6.45, 7) is 1.99. The van der Waals surface area contributed by atoms with E-state index in [1.165, 1.54) is 0 Å². The van der Waals surface area contributed by atoms with Gasteiger partial charge in [-0.3, -0.25) is 5.01 Å². The van der Waals surface area contributed by atoms with E-state index in [9.17, 15) is 0 Å². The smallest absolute Gasteiger partial charge is 0.206 e. The summed E-state index contributed by atoms with van der Waals surface area (Å²) in [6.07, 6.45) is 0. The third-order valence-corrected chi connectivity index (χ3v) is 2.06. The summed E-state index contributed by atoms with van der Waals surface area (Å²) in [5, 5.41) is 1.82. The van der Waals surface area contributed by atoms with E-state index >= 15 is 0 Å². The Balaban J connectivity index is 2.71. The Labute approximate surface area is 61.7 Å². The van der Waals surface area contributed by atoms with Crippen LogP contribution in [0.1, 0.15) is 6.92 Å². The van der Waals surface area contributed by atoms with Gasteiger partial charge in [0.05, 0.1) is 5.70 Å². The number of hydrazine groups is 1. The number of nitrogens with zero attached hydrogens (tertiary/aromatic N) is 1. The molecule has 1 heterocycles. The first-order valence-corrected chi connectivity index (χ1v) is 3.32. The number of hydrogen-bond acceptors (Lipinski definition) is 3. The molecule has 0 aromatic rings. The molecule has 0 unspecified atom stereocenters. The monoisotopic (exact) mass is 226 g/mol. The van der Waals surface area contributed by atoms with E-state index in [1.807, 2.05) is 19.0 Å². The topological polar surface area (TPSA) is 24.5 Å². The highest BCUT2D eigenvalue weighted by atomic mass is 127. The Morgan fingerprint density at radius 3 is 2.50 bits per heavy atom. The van der Waals surface area contributed by atoms with Crippen molar-refractivity contribution in [3.63, 3.8) is 0 Å². The summed E-state index contributed by atoms with van der Waals surface area (Å²) < 4.78 is 0.908. The maximum atomic E-state index is 4.92. The lowest BCUT2D eigenvalue weighted by molar-refractivity contribution is 0.0462. The molecule has 0 saturated carbocycles. The molecule has 0 fully saturated rings. The van der Waals surface area contributed by atoms with Gasteiger partial charge in [-0.05, 0) is 6.92 Å². The summed E-state index contributed by atoms with van der Waals surface area (Å²) in [5.74, 6) is 0. The van der Waals surface area contributed by atoms with Crippen molar-refractivity contribution in [3.05, 3.63) is 9.46 Å². The third-order valence-electron chi connectivity index (χ3n) is 1.06. The first-order valence-electron chi connectivity index (χ1n) is 2.24. The van der Waals surface area contributed by atoms with Gasteiger partial charge in [0, 0.05) is 29.6 Å². The van der Waals surface area contributed by atoms with Crippen LogP contribution in [-0.4, -0.2) is 12.1 Å². The second kappa shape index (κ2) is 2.10. The first-order chi connectivity index (χ1) is 3.72. The molecule has 46 valence electrons. The van der Waals surface area contributed by atoms with E-state index in [2.05, 4.69) is 28.2 Å². The van der Waals surface area contributed by atoms with Crippen LogP contribution in [0.2, 0.25) is 0 Å². The van der Waals surface area contributed by atoms with Crippen molar-refractivity contribution in [3.8, 4) is 0 Å². The second-order valence-corrected chi connectivity index (χ2v) is 2.59. The molecule has 0 bridgehead atoms.